The largest absolute Gasteiger partial charge is 0.444 e. The van der Waals surface area contributed by atoms with E-state index in [1.807, 2.05) is 51.1 Å². The van der Waals surface area contributed by atoms with E-state index in [2.05, 4.69) is 15.6 Å². The molecule has 8 nitrogen and oxygen atoms in total. The Morgan fingerprint density at radius 3 is 2.38 bits per heavy atom. The zero-order chi connectivity index (χ0) is 22.4. The lowest BCUT2D eigenvalue weighted by Crippen LogP contribution is -2.63. The molecular weight excluding hydrogens is 521 g/mol. The molecule has 2 aromatic rings. The Balaban J connectivity index is 0.00000363. The molecule has 1 fully saturated rings. The van der Waals surface area contributed by atoms with Crippen molar-refractivity contribution in [3.05, 3.63) is 70.1 Å². The smallest absolute Gasteiger partial charge is 0.410 e. The van der Waals surface area contributed by atoms with Gasteiger partial charge in [-0.3, -0.25) is 9.79 Å². The molecule has 2 N–H and O–H groups in total. The lowest BCUT2D eigenvalue weighted by molar-refractivity contribution is 0.00701. The standard InChI is InChI=1S/C23H31N5O3.HI/c1-23(2,3)31-22(30)28-15-19(16-28)26-21(24-4)25-13-17-8-10-18(11-9-17)14-27-12-6-5-7-20(27)29;/h5-12,19H,13-16H2,1-4H3,(H2,24,25,26);1H. The molecule has 0 bridgehead atoms. The second-order valence-electron chi connectivity index (χ2n) is 8.64. The number of hydrogen-bond donors (Lipinski definition) is 2. The summed E-state index contributed by atoms with van der Waals surface area (Å²) in [6, 6.07) is 13.4. The first-order valence-corrected chi connectivity index (χ1v) is 10.4. The van der Waals surface area contributed by atoms with Gasteiger partial charge >= 0.3 is 6.09 Å². The summed E-state index contributed by atoms with van der Waals surface area (Å²) >= 11 is 0. The van der Waals surface area contributed by atoms with Crippen LogP contribution in [0.2, 0.25) is 0 Å². The minimum Gasteiger partial charge on any atom is -0.444 e. The number of amides is 1. The van der Waals surface area contributed by atoms with Gasteiger partial charge in [0, 0.05) is 38.9 Å². The third-order valence-electron chi connectivity index (χ3n) is 4.83. The van der Waals surface area contributed by atoms with Gasteiger partial charge in [-0.25, -0.2) is 4.79 Å². The number of pyridine rings is 1. The van der Waals surface area contributed by atoms with Crippen molar-refractivity contribution in [2.24, 2.45) is 4.99 Å². The molecule has 1 amide bonds. The molecule has 9 heteroatoms. The van der Waals surface area contributed by atoms with Crippen LogP contribution in [0.15, 0.2) is 58.4 Å². The number of aromatic nitrogens is 1. The number of halogens is 1. The molecule has 1 aliphatic rings. The van der Waals surface area contributed by atoms with Gasteiger partial charge in [0.05, 0.1) is 12.6 Å². The zero-order valence-electron chi connectivity index (χ0n) is 19.0. The van der Waals surface area contributed by atoms with E-state index in [0.29, 0.717) is 32.1 Å². The van der Waals surface area contributed by atoms with Crippen molar-refractivity contribution in [2.45, 2.75) is 45.5 Å². The Morgan fingerprint density at radius 2 is 1.78 bits per heavy atom. The Bertz CT molecular complexity index is 976. The molecule has 1 aliphatic heterocycles. The van der Waals surface area contributed by atoms with Gasteiger partial charge in [0.15, 0.2) is 5.96 Å². The fraction of sp³-hybridized carbons (Fsp3) is 0.435. The van der Waals surface area contributed by atoms with E-state index in [0.717, 1.165) is 11.1 Å². The van der Waals surface area contributed by atoms with E-state index in [-0.39, 0.29) is 41.7 Å². The Labute approximate surface area is 206 Å². The van der Waals surface area contributed by atoms with Gasteiger partial charge in [0.2, 0.25) is 0 Å². The summed E-state index contributed by atoms with van der Waals surface area (Å²) in [5.74, 6) is 0.689. The molecule has 0 radical (unpaired) electrons. The lowest BCUT2D eigenvalue weighted by atomic mass is 10.1. The number of nitrogens with one attached hydrogen (secondary N) is 2. The molecule has 1 saturated heterocycles. The van der Waals surface area contributed by atoms with Crippen molar-refractivity contribution in [3.8, 4) is 0 Å². The van der Waals surface area contributed by atoms with Crippen LogP contribution in [0.4, 0.5) is 4.79 Å². The van der Waals surface area contributed by atoms with Gasteiger partial charge in [-0.15, -0.1) is 24.0 Å². The molecule has 3 rings (SSSR count). The molecule has 2 heterocycles. The van der Waals surface area contributed by atoms with Crippen LogP contribution in [0.1, 0.15) is 31.9 Å². The summed E-state index contributed by atoms with van der Waals surface area (Å²) in [4.78, 5) is 29.8. The number of ether oxygens (including phenoxy) is 1. The summed E-state index contributed by atoms with van der Waals surface area (Å²) in [5, 5.41) is 6.62. The Kier molecular flexibility index (Phi) is 9.11. The van der Waals surface area contributed by atoms with Crippen LogP contribution in [0.25, 0.3) is 0 Å². The maximum absolute atomic E-state index is 12.0. The van der Waals surface area contributed by atoms with Gasteiger partial charge in [0.1, 0.15) is 5.60 Å². The van der Waals surface area contributed by atoms with Crippen LogP contribution >= 0.6 is 24.0 Å². The van der Waals surface area contributed by atoms with Crippen LogP contribution in [0.3, 0.4) is 0 Å². The van der Waals surface area contributed by atoms with Crippen molar-refractivity contribution in [1.82, 2.24) is 20.1 Å². The number of carbonyl (C=O) groups excluding carboxylic acids is 1. The van der Waals surface area contributed by atoms with E-state index < -0.39 is 5.60 Å². The average molecular weight is 553 g/mol. The topological polar surface area (TPSA) is 88.0 Å². The lowest BCUT2D eigenvalue weighted by Gasteiger charge is -2.40. The Morgan fingerprint density at radius 1 is 1.12 bits per heavy atom. The number of carbonyl (C=O) groups is 1. The first kappa shape index (κ1) is 25.7. The number of guanidine groups is 1. The van der Waals surface area contributed by atoms with Crippen molar-refractivity contribution >= 4 is 36.0 Å². The molecule has 0 saturated carbocycles. The number of nitrogens with zero attached hydrogens (tertiary/aromatic N) is 3. The molecule has 32 heavy (non-hydrogen) atoms. The molecular formula is C23H32IN5O3. The first-order valence-electron chi connectivity index (χ1n) is 10.4. The Hall–Kier alpha value is -2.56. The normalized spacial score (nSPS) is 14.2. The highest BCUT2D eigenvalue weighted by Crippen LogP contribution is 2.15. The van der Waals surface area contributed by atoms with Gasteiger partial charge in [-0.1, -0.05) is 30.3 Å². The molecule has 1 aromatic carbocycles. The predicted molar refractivity (Wildman–Crippen MR) is 137 cm³/mol. The second-order valence-corrected chi connectivity index (χ2v) is 8.64. The summed E-state index contributed by atoms with van der Waals surface area (Å²) < 4.78 is 7.05. The number of hydrogen-bond acceptors (Lipinski definition) is 4. The molecule has 0 unspecified atom stereocenters. The van der Waals surface area contributed by atoms with Crippen LogP contribution in [-0.4, -0.2) is 53.3 Å². The molecule has 0 spiro atoms. The number of likely N-dealkylation sites (tertiary alicyclic amines) is 1. The summed E-state index contributed by atoms with van der Waals surface area (Å²) in [6.07, 6.45) is 1.50. The first-order chi connectivity index (χ1) is 14.7. The molecule has 1 aromatic heterocycles. The van der Waals surface area contributed by atoms with E-state index in [9.17, 15) is 9.59 Å². The van der Waals surface area contributed by atoms with E-state index >= 15 is 0 Å². The molecule has 174 valence electrons. The van der Waals surface area contributed by atoms with E-state index in [4.69, 9.17) is 4.74 Å². The maximum atomic E-state index is 12.0. The van der Waals surface area contributed by atoms with Crippen molar-refractivity contribution < 1.29 is 9.53 Å². The fourth-order valence-electron chi connectivity index (χ4n) is 3.17. The predicted octanol–water partition coefficient (Wildman–Crippen LogP) is 2.80. The van der Waals surface area contributed by atoms with Gasteiger partial charge in [-0.05, 0) is 38.0 Å². The van der Waals surface area contributed by atoms with Gasteiger partial charge < -0.3 is 24.8 Å². The molecule has 0 aliphatic carbocycles. The monoisotopic (exact) mass is 553 g/mol. The van der Waals surface area contributed by atoms with Crippen LogP contribution in [0, 0.1) is 0 Å². The summed E-state index contributed by atoms with van der Waals surface area (Å²) in [6.45, 7) is 7.92. The van der Waals surface area contributed by atoms with E-state index in [1.165, 1.54) is 0 Å². The van der Waals surface area contributed by atoms with Gasteiger partial charge in [-0.2, -0.15) is 0 Å². The number of aliphatic imine (C=N–C) groups is 1. The zero-order valence-corrected chi connectivity index (χ0v) is 21.3. The van der Waals surface area contributed by atoms with Gasteiger partial charge in [0.25, 0.3) is 5.56 Å². The number of benzene rings is 1. The quantitative estimate of drug-likeness (QED) is 0.338. The van der Waals surface area contributed by atoms with Crippen molar-refractivity contribution in [3.63, 3.8) is 0 Å². The highest BCUT2D eigenvalue weighted by Gasteiger charge is 2.34. The fourth-order valence-corrected chi connectivity index (χ4v) is 3.17. The molecule has 0 atom stereocenters. The minimum absolute atomic E-state index is 0. The van der Waals surface area contributed by atoms with Crippen LogP contribution in [-0.2, 0) is 17.8 Å². The third-order valence-corrected chi connectivity index (χ3v) is 4.83. The average Bonchev–Trinajstić information content (AvgIpc) is 2.68. The van der Waals surface area contributed by atoms with Crippen molar-refractivity contribution in [1.29, 1.82) is 0 Å². The second kappa shape index (κ2) is 11.3. The highest BCUT2D eigenvalue weighted by atomic mass is 127. The van der Waals surface area contributed by atoms with Crippen molar-refractivity contribution in [2.75, 3.05) is 20.1 Å². The maximum Gasteiger partial charge on any atom is 0.410 e. The summed E-state index contributed by atoms with van der Waals surface area (Å²) in [5.41, 5.74) is 1.68. The third kappa shape index (κ3) is 7.54. The number of rotatable bonds is 5. The van der Waals surface area contributed by atoms with Crippen LogP contribution < -0.4 is 16.2 Å². The van der Waals surface area contributed by atoms with E-state index in [1.54, 1.807) is 34.8 Å². The highest BCUT2D eigenvalue weighted by molar-refractivity contribution is 14.0. The summed E-state index contributed by atoms with van der Waals surface area (Å²) in [7, 11) is 1.72. The SMILES string of the molecule is CN=C(NCc1ccc(Cn2ccccc2=O)cc1)NC1CN(C(=O)OC(C)(C)C)C1.I. The minimum atomic E-state index is -0.486. The van der Waals surface area contributed by atoms with Crippen LogP contribution in [0.5, 0.6) is 0 Å².